The van der Waals surface area contributed by atoms with Gasteiger partial charge in [0.1, 0.15) is 25.6 Å². The van der Waals surface area contributed by atoms with Crippen molar-refractivity contribution >= 4 is 39.9 Å². The molecule has 0 saturated carbocycles. The first-order valence-corrected chi connectivity index (χ1v) is 11.8. The number of benzene rings is 2. The van der Waals surface area contributed by atoms with Gasteiger partial charge in [0.2, 0.25) is 17.7 Å². The first-order chi connectivity index (χ1) is 17.0. The number of nitrogens with one attached hydrogen (secondary N) is 2. The van der Waals surface area contributed by atoms with Crippen molar-refractivity contribution in [1.82, 2.24) is 10.3 Å². The number of rotatable bonds is 9. The van der Waals surface area contributed by atoms with Crippen molar-refractivity contribution in [2.75, 3.05) is 30.0 Å². The van der Waals surface area contributed by atoms with Crippen LogP contribution >= 0.6 is 11.3 Å². The van der Waals surface area contributed by atoms with Crippen LogP contribution in [0.1, 0.15) is 18.4 Å². The summed E-state index contributed by atoms with van der Waals surface area (Å²) in [6, 6.07) is 10.7. The van der Waals surface area contributed by atoms with Crippen molar-refractivity contribution in [1.29, 1.82) is 0 Å². The summed E-state index contributed by atoms with van der Waals surface area (Å²) in [4.78, 5) is 43.3. The standard InChI is InChI=1S/C24H23FN4O5S/c25-17-3-1-16(2-4-17)14-27-22(31)15-29(18-5-6-19-20(13-18)34-11-10-33-19)23(32)8-7-21(30)28-24-26-9-12-35-24/h1-6,9,12-13H,7-8,10-11,14-15H2,(H,27,31)(H,26,28,30). The van der Waals surface area contributed by atoms with Gasteiger partial charge < -0.3 is 25.0 Å². The molecule has 0 spiro atoms. The minimum absolute atomic E-state index is 0.0728. The Labute approximate surface area is 204 Å². The van der Waals surface area contributed by atoms with E-state index in [1.165, 1.54) is 28.4 Å². The normalized spacial score (nSPS) is 12.0. The van der Waals surface area contributed by atoms with E-state index in [1.807, 2.05) is 0 Å². The van der Waals surface area contributed by atoms with Gasteiger partial charge in [-0.3, -0.25) is 14.4 Å². The Bertz CT molecular complexity index is 1190. The number of hydrogen-bond donors (Lipinski definition) is 2. The predicted molar refractivity (Wildman–Crippen MR) is 128 cm³/mol. The number of fused-ring (bicyclic) bond motifs is 1. The Hall–Kier alpha value is -3.99. The van der Waals surface area contributed by atoms with E-state index in [0.717, 1.165) is 5.56 Å². The van der Waals surface area contributed by atoms with E-state index >= 15 is 0 Å². The van der Waals surface area contributed by atoms with E-state index in [1.54, 1.807) is 41.9 Å². The van der Waals surface area contributed by atoms with Crippen LogP contribution in [0.4, 0.5) is 15.2 Å². The lowest BCUT2D eigenvalue weighted by molar-refractivity contribution is -0.125. The summed E-state index contributed by atoms with van der Waals surface area (Å²) in [6.45, 7) is 0.709. The third-order valence-corrected chi connectivity index (χ3v) is 5.78. The second kappa shape index (κ2) is 11.4. The molecule has 0 unspecified atom stereocenters. The van der Waals surface area contributed by atoms with E-state index < -0.39 is 11.8 Å². The maximum atomic E-state index is 13.1. The number of halogens is 1. The van der Waals surface area contributed by atoms with Gasteiger partial charge >= 0.3 is 0 Å². The molecule has 9 nitrogen and oxygen atoms in total. The van der Waals surface area contributed by atoms with Crippen LogP contribution in [-0.4, -0.2) is 42.5 Å². The minimum atomic E-state index is -0.412. The summed E-state index contributed by atoms with van der Waals surface area (Å²) in [5.41, 5.74) is 1.16. The van der Waals surface area contributed by atoms with Crippen LogP contribution in [0.2, 0.25) is 0 Å². The predicted octanol–water partition coefficient (Wildman–Crippen LogP) is 3.12. The summed E-state index contributed by atoms with van der Waals surface area (Å²) in [6.07, 6.45) is 1.38. The molecule has 0 radical (unpaired) electrons. The summed E-state index contributed by atoms with van der Waals surface area (Å²) in [7, 11) is 0. The zero-order chi connectivity index (χ0) is 24.6. The Morgan fingerprint density at radius 2 is 1.77 bits per heavy atom. The van der Waals surface area contributed by atoms with E-state index in [0.29, 0.717) is 35.5 Å². The van der Waals surface area contributed by atoms with Gasteiger partial charge in [-0.2, -0.15) is 0 Å². The number of hydrogen-bond acceptors (Lipinski definition) is 7. The Morgan fingerprint density at radius 1 is 1.00 bits per heavy atom. The first kappa shape index (κ1) is 24.1. The fourth-order valence-electron chi connectivity index (χ4n) is 3.35. The van der Waals surface area contributed by atoms with Gasteiger partial charge in [0.15, 0.2) is 16.6 Å². The molecule has 1 aromatic heterocycles. The average Bonchev–Trinajstić information content (AvgIpc) is 3.38. The minimum Gasteiger partial charge on any atom is -0.486 e. The molecule has 1 aliphatic heterocycles. The van der Waals surface area contributed by atoms with E-state index in [-0.39, 0.29) is 37.7 Å². The Kier molecular flexibility index (Phi) is 7.88. The van der Waals surface area contributed by atoms with Crippen molar-refractivity contribution in [2.24, 2.45) is 0 Å². The number of ether oxygens (including phenoxy) is 2. The molecule has 3 amide bonds. The lowest BCUT2D eigenvalue weighted by Crippen LogP contribution is -2.41. The van der Waals surface area contributed by atoms with Gasteiger partial charge in [-0.05, 0) is 29.8 Å². The second-order valence-corrected chi connectivity index (χ2v) is 8.49. The van der Waals surface area contributed by atoms with Crippen molar-refractivity contribution in [2.45, 2.75) is 19.4 Å². The molecule has 2 heterocycles. The number of anilines is 2. The molecule has 11 heteroatoms. The molecule has 1 aliphatic rings. The SMILES string of the molecule is O=C(CN(C(=O)CCC(=O)Nc1nccs1)c1ccc2c(c1)OCCO2)NCc1ccc(F)cc1. The van der Waals surface area contributed by atoms with Crippen molar-refractivity contribution in [3.05, 3.63) is 65.4 Å². The quantitative estimate of drug-likeness (QED) is 0.469. The molecule has 2 N–H and O–H groups in total. The molecule has 0 bridgehead atoms. The zero-order valence-corrected chi connectivity index (χ0v) is 19.5. The maximum absolute atomic E-state index is 13.1. The van der Waals surface area contributed by atoms with Gasteiger partial charge in [-0.1, -0.05) is 12.1 Å². The highest BCUT2D eigenvalue weighted by Crippen LogP contribution is 2.34. The van der Waals surface area contributed by atoms with Gasteiger partial charge in [-0.25, -0.2) is 9.37 Å². The highest BCUT2D eigenvalue weighted by molar-refractivity contribution is 7.13. The second-order valence-electron chi connectivity index (χ2n) is 7.60. The van der Waals surface area contributed by atoms with Gasteiger partial charge in [0.05, 0.1) is 0 Å². The highest BCUT2D eigenvalue weighted by atomic mass is 32.1. The lowest BCUT2D eigenvalue weighted by Gasteiger charge is -2.25. The third-order valence-electron chi connectivity index (χ3n) is 5.09. The highest BCUT2D eigenvalue weighted by Gasteiger charge is 2.23. The van der Waals surface area contributed by atoms with Crippen molar-refractivity contribution < 1.29 is 28.2 Å². The molecule has 2 aromatic carbocycles. The van der Waals surface area contributed by atoms with Crippen LogP contribution in [0.15, 0.2) is 54.0 Å². The summed E-state index contributed by atoms with van der Waals surface area (Å²) in [5, 5.41) is 7.55. The molecular formula is C24H23FN4O5S. The first-order valence-electron chi connectivity index (χ1n) is 10.9. The lowest BCUT2D eigenvalue weighted by atomic mass is 10.2. The molecule has 0 fully saturated rings. The van der Waals surface area contributed by atoms with Gasteiger partial charge in [-0.15, -0.1) is 11.3 Å². The number of thiazole rings is 1. The number of aromatic nitrogens is 1. The fourth-order valence-corrected chi connectivity index (χ4v) is 3.89. The van der Waals surface area contributed by atoms with Crippen LogP contribution in [0.3, 0.4) is 0 Å². The van der Waals surface area contributed by atoms with Gasteiger partial charge in [0, 0.05) is 42.7 Å². The van der Waals surface area contributed by atoms with Crippen LogP contribution in [-0.2, 0) is 20.9 Å². The van der Waals surface area contributed by atoms with E-state index in [2.05, 4.69) is 15.6 Å². The van der Waals surface area contributed by atoms with Crippen molar-refractivity contribution in [3.63, 3.8) is 0 Å². The zero-order valence-electron chi connectivity index (χ0n) is 18.7. The van der Waals surface area contributed by atoms with Crippen LogP contribution in [0.25, 0.3) is 0 Å². The molecule has 0 aliphatic carbocycles. The molecular weight excluding hydrogens is 475 g/mol. The summed E-state index contributed by atoms with van der Waals surface area (Å²) >= 11 is 1.28. The number of amides is 3. The van der Waals surface area contributed by atoms with Crippen LogP contribution in [0, 0.1) is 5.82 Å². The molecule has 182 valence electrons. The molecule has 35 heavy (non-hydrogen) atoms. The fraction of sp³-hybridized carbons (Fsp3) is 0.250. The van der Waals surface area contributed by atoms with E-state index in [9.17, 15) is 18.8 Å². The number of carbonyl (C=O) groups is 3. The monoisotopic (exact) mass is 498 g/mol. The largest absolute Gasteiger partial charge is 0.486 e. The molecule has 0 saturated heterocycles. The average molecular weight is 499 g/mol. The molecule has 4 rings (SSSR count). The summed E-state index contributed by atoms with van der Waals surface area (Å²) in [5.74, 6) is -0.515. The topological polar surface area (TPSA) is 110 Å². The smallest absolute Gasteiger partial charge is 0.240 e. The Balaban J connectivity index is 1.43. The van der Waals surface area contributed by atoms with Crippen LogP contribution in [0.5, 0.6) is 11.5 Å². The third kappa shape index (κ3) is 6.76. The van der Waals surface area contributed by atoms with Crippen molar-refractivity contribution in [3.8, 4) is 11.5 Å². The van der Waals surface area contributed by atoms with Crippen LogP contribution < -0.4 is 25.0 Å². The maximum Gasteiger partial charge on any atom is 0.240 e. The number of carbonyl (C=O) groups excluding carboxylic acids is 3. The van der Waals surface area contributed by atoms with Gasteiger partial charge in [0.25, 0.3) is 0 Å². The summed E-state index contributed by atoms with van der Waals surface area (Å²) < 4.78 is 24.2. The molecule has 0 atom stereocenters. The molecule has 3 aromatic rings. The number of nitrogens with zero attached hydrogens (tertiary/aromatic N) is 2. The Morgan fingerprint density at radius 3 is 2.51 bits per heavy atom. The van der Waals surface area contributed by atoms with E-state index in [4.69, 9.17) is 9.47 Å².